The Kier molecular flexibility index (Phi) is 9.06. The molecule has 1 heterocycles. The first-order chi connectivity index (χ1) is 15.6. The zero-order valence-corrected chi connectivity index (χ0v) is 19.8. The molecule has 9 heteroatoms. The first-order valence-electron chi connectivity index (χ1n) is 10.6. The van der Waals surface area contributed by atoms with Crippen molar-refractivity contribution in [1.29, 1.82) is 0 Å². The molecule has 168 valence electrons. The number of thioether (sulfide) groups is 1. The van der Waals surface area contributed by atoms with Crippen LogP contribution in [0.25, 0.3) is 0 Å². The van der Waals surface area contributed by atoms with Crippen molar-refractivity contribution in [1.82, 2.24) is 20.2 Å². The number of aromatic nitrogens is 3. The number of nitrogens with one attached hydrogen (secondary N) is 2. The van der Waals surface area contributed by atoms with Crippen LogP contribution >= 0.6 is 24.0 Å². The van der Waals surface area contributed by atoms with Crippen LogP contribution in [0.15, 0.2) is 59.8 Å². The van der Waals surface area contributed by atoms with Gasteiger partial charge in [-0.1, -0.05) is 68.4 Å². The fourth-order valence-electron chi connectivity index (χ4n) is 2.82. The molecule has 32 heavy (non-hydrogen) atoms. The van der Waals surface area contributed by atoms with Crippen LogP contribution in [0.4, 0.5) is 0 Å². The van der Waals surface area contributed by atoms with Crippen molar-refractivity contribution in [2.75, 3.05) is 12.0 Å². The van der Waals surface area contributed by atoms with Gasteiger partial charge in [-0.05, 0) is 42.4 Å². The zero-order valence-electron chi connectivity index (χ0n) is 18.2. The van der Waals surface area contributed by atoms with E-state index in [-0.39, 0.29) is 11.0 Å². The maximum Gasteiger partial charge on any atom is 0.257 e. The lowest BCUT2D eigenvalue weighted by atomic mass is 10.2. The lowest BCUT2D eigenvalue weighted by Gasteiger charge is -2.14. The molecule has 0 unspecified atom stereocenters. The summed E-state index contributed by atoms with van der Waals surface area (Å²) in [6.07, 6.45) is 2.68. The van der Waals surface area contributed by atoms with Gasteiger partial charge in [0.25, 0.3) is 5.91 Å². The third kappa shape index (κ3) is 6.80. The summed E-state index contributed by atoms with van der Waals surface area (Å²) in [5, 5.41) is 12.1. The minimum Gasteiger partial charge on any atom is -0.494 e. The second-order valence-corrected chi connectivity index (χ2v) is 8.34. The van der Waals surface area contributed by atoms with E-state index in [0.29, 0.717) is 29.5 Å². The Balaban J connectivity index is 1.62. The van der Waals surface area contributed by atoms with Crippen molar-refractivity contribution in [3.8, 4) is 5.75 Å². The molecule has 7 nitrogen and oxygen atoms in total. The molecule has 1 amide bonds. The molecule has 0 atom stereocenters. The number of nitrogens with zero attached hydrogens (tertiary/aromatic N) is 3. The summed E-state index contributed by atoms with van der Waals surface area (Å²) in [6.45, 7) is 4.71. The lowest BCUT2D eigenvalue weighted by molar-refractivity contribution is 0.0977. The van der Waals surface area contributed by atoms with Crippen LogP contribution in [-0.4, -0.2) is 32.5 Å². The molecule has 3 aromatic rings. The van der Waals surface area contributed by atoms with Crippen LogP contribution in [0.2, 0.25) is 0 Å². The molecular formula is C23H27N5O2S2. The van der Waals surface area contributed by atoms with E-state index in [1.807, 2.05) is 31.2 Å². The molecule has 1 aromatic heterocycles. The number of carbonyl (C=O) groups is 1. The highest BCUT2D eigenvalue weighted by Gasteiger charge is 2.15. The zero-order chi connectivity index (χ0) is 22.8. The fourth-order valence-corrected chi connectivity index (χ4v) is 3.87. The van der Waals surface area contributed by atoms with Crippen molar-refractivity contribution in [3.05, 3.63) is 71.5 Å². The summed E-state index contributed by atoms with van der Waals surface area (Å²) in [5.41, 5.74) is 4.70. The van der Waals surface area contributed by atoms with E-state index in [1.54, 1.807) is 34.6 Å². The molecule has 0 saturated carbocycles. The molecule has 0 fully saturated rings. The Morgan fingerprint density at radius 2 is 1.94 bits per heavy atom. The molecule has 2 N–H and O–H groups in total. The maximum atomic E-state index is 12.7. The second-order valence-electron chi connectivity index (χ2n) is 6.99. The van der Waals surface area contributed by atoms with E-state index in [4.69, 9.17) is 17.0 Å². The third-order valence-corrected chi connectivity index (χ3v) is 5.72. The number of amides is 1. The fraction of sp³-hybridized carbons (Fsp3) is 0.304. The van der Waals surface area contributed by atoms with Crippen LogP contribution in [0.1, 0.15) is 48.4 Å². The molecular weight excluding hydrogens is 442 g/mol. The molecule has 0 radical (unpaired) electrons. The van der Waals surface area contributed by atoms with E-state index in [1.165, 1.54) is 5.56 Å². The van der Waals surface area contributed by atoms with E-state index < -0.39 is 0 Å². The Hall–Kier alpha value is -2.91. The minimum atomic E-state index is -0.312. The number of benzene rings is 2. The topological polar surface area (TPSA) is 81.1 Å². The molecule has 0 aliphatic heterocycles. The number of hydrogen-bond acceptors (Lipinski definition) is 6. The molecule has 0 aliphatic carbocycles. The van der Waals surface area contributed by atoms with Crippen molar-refractivity contribution >= 4 is 35.0 Å². The number of unbranched alkanes of at least 4 members (excludes halogenated alkanes) is 1. The highest BCUT2D eigenvalue weighted by atomic mass is 32.2. The normalized spacial score (nSPS) is 10.6. The van der Waals surface area contributed by atoms with E-state index in [0.717, 1.165) is 24.4 Å². The monoisotopic (exact) mass is 469 g/mol. The first kappa shape index (κ1) is 23.7. The number of ether oxygens (including phenoxy) is 1. The van der Waals surface area contributed by atoms with Gasteiger partial charge in [0.05, 0.1) is 6.61 Å². The van der Waals surface area contributed by atoms with E-state index in [9.17, 15) is 4.79 Å². The standard InChI is InChI=1S/C23H27N5O2S2/c1-3-5-14-30-19-13-9-12-18(15-19)21(29)24-22(31)27-28-20(4-2)25-26-23(28)32-16-17-10-7-6-8-11-17/h6-13,15H,3-5,14,16H2,1-2H3,(H2,24,27,29,31). The second kappa shape index (κ2) is 12.2. The highest BCUT2D eigenvalue weighted by molar-refractivity contribution is 7.98. The maximum absolute atomic E-state index is 12.7. The first-order valence-corrected chi connectivity index (χ1v) is 12.0. The van der Waals surface area contributed by atoms with Crippen molar-refractivity contribution in [2.45, 2.75) is 44.0 Å². The van der Waals surface area contributed by atoms with Crippen LogP contribution in [-0.2, 0) is 12.2 Å². The Morgan fingerprint density at radius 1 is 1.12 bits per heavy atom. The number of rotatable bonds is 10. The molecule has 0 spiro atoms. The van der Waals surface area contributed by atoms with Gasteiger partial charge in [0.2, 0.25) is 5.16 Å². The molecule has 3 rings (SSSR count). The summed E-state index contributed by atoms with van der Waals surface area (Å²) >= 11 is 6.92. The van der Waals surface area contributed by atoms with Gasteiger partial charge in [-0.25, -0.2) is 4.68 Å². The van der Waals surface area contributed by atoms with Crippen LogP contribution in [0, 0.1) is 0 Å². The Bertz CT molecular complexity index is 1040. The van der Waals surface area contributed by atoms with Crippen LogP contribution in [0.3, 0.4) is 0 Å². The number of carbonyl (C=O) groups excluding carboxylic acids is 1. The van der Waals surface area contributed by atoms with E-state index >= 15 is 0 Å². The predicted octanol–water partition coefficient (Wildman–Crippen LogP) is 4.57. The Labute approximate surface area is 197 Å². The summed E-state index contributed by atoms with van der Waals surface area (Å²) in [4.78, 5) is 12.7. The van der Waals surface area contributed by atoms with Gasteiger partial charge < -0.3 is 4.74 Å². The van der Waals surface area contributed by atoms with Gasteiger partial charge in [-0.3, -0.25) is 15.5 Å². The van der Waals surface area contributed by atoms with Gasteiger partial charge in [0.15, 0.2) is 10.9 Å². The quantitative estimate of drug-likeness (QED) is 0.256. The van der Waals surface area contributed by atoms with Crippen molar-refractivity contribution in [3.63, 3.8) is 0 Å². The van der Waals surface area contributed by atoms with E-state index in [2.05, 4.69) is 40.0 Å². The minimum absolute atomic E-state index is 0.170. The number of hydrogen-bond donors (Lipinski definition) is 2. The largest absolute Gasteiger partial charge is 0.494 e. The highest BCUT2D eigenvalue weighted by Crippen LogP contribution is 2.21. The smallest absolute Gasteiger partial charge is 0.257 e. The SMILES string of the molecule is CCCCOc1cccc(C(=O)NC(=S)Nn2c(CC)nnc2SCc2ccccc2)c1. The third-order valence-electron chi connectivity index (χ3n) is 4.53. The summed E-state index contributed by atoms with van der Waals surface area (Å²) in [6, 6.07) is 17.2. The molecule has 2 aromatic carbocycles. The van der Waals surface area contributed by atoms with Crippen molar-refractivity contribution < 1.29 is 9.53 Å². The van der Waals surface area contributed by atoms with Gasteiger partial charge in [-0.2, -0.15) is 0 Å². The lowest BCUT2D eigenvalue weighted by Crippen LogP contribution is -2.38. The van der Waals surface area contributed by atoms with Gasteiger partial charge in [-0.15, -0.1) is 10.2 Å². The summed E-state index contributed by atoms with van der Waals surface area (Å²) in [5.74, 6) is 1.82. The van der Waals surface area contributed by atoms with Crippen LogP contribution in [0.5, 0.6) is 5.75 Å². The van der Waals surface area contributed by atoms with Gasteiger partial charge in [0.1, 0.15) is 5.75 Å². The van der Waals surface area contributed by atoms with Gasteiger partial charge >= 0.3 is 0 Å². The molecule has 0 bridgehead atoms. The Morgan fingerprint density at radius 3 is 2.69 bits per heavy atom. The average Bonchev–Trinajstić information content (AvgIpc) is 3.20. The van der Waals surface area contributed by atoms with Crippen LogP contribution < -0.4 is 15.5 Å². The number of thiocarbonyl (C=S) groups is 1. The summed E-state index contributed by atoms with van der Waals surface area (Å²) in [7, 11) is 0. The van der Waals surface area contributed by atoms with Crippen molar-refractivity contribution in [2.24, 2.45) is 0 Å². The summed E-state index contributed by atoms with van der Waals surface area (Å²) < 4.78 is 7.41. The molecule has 0 saturated heterocycles. The average molecular weight is 470 g/mol. The van der Waals surface area contributed by atoms with Gasteiger partial charge in [0, 0.05) is 17.7 Å². The number of aryl methyl sites for hydroxylation is 1. The predicted molar refractivity (Wildman–Crippen MR) is 132 cm³/mol. The molecule has 0 aliphatic rings.